The fourth-order valence-corrected chi connectivity index (χ4v) is 6.06. The molecule has 2 aliphatic rings. The lowest BCUT2D eigenvalue weighted by Gasteiger charge is -2.35. The van der Waals surface area contributed by atoms with E-state index in [9.17, 15) is 8.42 Å². The van der Waals surface area contributed by atoms with Crippen molar-refractivity contribution < 1.29 is 22.6 Å². The van der Waals surface area contributed by atoms with E-state index in [1.165, 1.54) is 26.4 Å². The number of ether oxygens (including phenoxy) is 3. The van der Waals surface area contributed by atoms with Gasteiger partial charge in [-0.1, -0.05) is 17.7 Å². The van der Waals surface area contributed by atoms with E-state index in [4.69, 9.17) is 25.8 Å². The third kappa shape index (κ3) is 5.00. The first-order valence-electron chi connectivity index (χ1n) is 11.9. The average Bonchev–Trinajstić information content (AvgIpc) is 3.33. The van der Waals surface area contributed by atoms with Gasteiger partial charge in [0.25, 0.3) is 0 Å². The van der Waals surface area contributed by atoms with Gasteiger partial charge in [-0.25, -0.2) is 23.4 Å². The van der Waals surface area contributed by atoms with E-state index in [1.54, 1.807) is 17.7 Å². The van der Waals surface area contributed by atoms with Crippen molar-refractivity contribution in [3.8, 4) is 17.4 Å². The van der Waals surface area contributed by atoms with E-state index in [1.807, 2.05) is 6.07 Å². The Bertz CT molecular complexity index is 1360. The van der Waals surface area contributed by atoms with Crippen LogP contribution in [0.3, 0.4) is 0 Å². The summed E-state index contributed by atoms with van der Waals surface area (Å²) in [7, 11) is -1.08. The third-order valence-corrected chi connectivity index (χ3v) is 8.66. The molecule has 37 heavy (non-hydrogen) atoms. The summed E-state index contributed by atoms with van der Waals surface area (Å²) in [4.78, 5) is 12.8. The molecule has 4 atom stereocenters. The highest BCUT2D eigenvalue weighted by Crippen LogP contribution is 2.40. The van der Waals surface area contributed by atoms with Gasteiger partial charge in [0.05, 0.1) is 24.3 Å². The van der Waals surface area contributed by atoms with E-state index >= 15 is 0 Å². The zero-order chi connectivity index (χ0) is 26.2. The van der Waals surface area contributed by atoms with Crippen LogP contribution in [0.5, 0.6) is 5.88 Å². The number of nitrogens with zero attached hydrogens (tertiary/aromatic N) is 6. The fourth-order valence-electron chi connectivity index (χ4n) is 4.82. The lowest BCUT2D eigenvalue weighted by Crippen LogP contribution is -2.37. The topological polar surface area (TPSA) is 143 Å². The van der Waals surface area contributed by atoms with Crippen LogP contribution in [0, 0.1) is 0 Å². The van der Waals surface area contributed by atoms with Gasteiger partial charge in [-0.05, 0) is 38.2 Å². The largest absolute Gasteiger partial charge is 0.481 e. The minimum Gasteiger partial charge on any atom is -0.481 e. The molecule has 0 aromatic carbocycles. The average molecular weight is 550 g/mol. The summed E-state index contributed by atoms with van der Waals surface area (Å²) in [6, 6.07) is 3.55. The molecule has 3 aromatic rings. The lowest BCUT2D eigenvalue weighted by molar-refractivity contribution is -0.0166. The number of hydrogen-bond acceptors (Lipinski definition) is 10. The van der Waals surface area contributed by atoms with Crippen LogP contribution in [0.25, 0.3) is 11.5 Å². The standard InChI is InChI=1S/C23H28ClN7O5S/c1-13(20(35-3)21-25-11-15(24)12-26-21)37(32,33)30-23-29-28-22-19-14(7-8-18(27-19)34-2)10-16(31(22)23)17-6-4-5-9-36-17/h7-8,11-13,16-17,20H,4-6,9-10H2,1-3H3,(H,29,30)/t13-,16-,17-,20-/m0/s1. The number of anilines is 1. The number of fused-ring (bicyclic) bond motifs is 3. The summed E-state index contributed by atoms with van der Waals surface area (Å²) in [5.41, 5.74) is 1.57. The molecule has 12 nitrogen and oxygen atoms in total. The molecule has 3 aromatic heterocycles. The quantitative estimate of drug-likeness (QED) is 0.445. The summed E-state index contributed by atoms with van der Waals surface area (Å²) in [6.45, 7) is 2.17. The van der Waals surface area contributed by atoms with Crippen LogP contribution >= 0.6 is 11.6 Å². The van der Waals surface area contributed by atoms with Gasteiger partial charge in [0, 0.05) is 32.2 Å². The second-order valence-corrected chi connectivity index (χ2v) is 11.5. The first kappa shape index (κ1) is 25.8. The normalized spacial score (nSPS) is 21.0. The minimum atomic E-state index is -4.03. The molecule has 0 bridgehead atoms. The van der Waals surface area contributed by atoms with Gasteiger partial charge in [0.1, 0.15) is 17.0 Å². The summed E-state index contributed by atoms with van der Waals surface area (Å²) in [5.74, 6) is 1.17. The predicted octanol–water partition coefficient (Wildman–Crippen LogP) is 2.98. The first-order valence-corrected chi connectivity index (χ1v) is 13.9. The predicted molar refractivity (Wildman–Crippen MR) is 135 cm³/mol. The van der Waals surface area contributed by atoms with Crippen molar-refractivity contribution in [2.45, 2.75) is 56.1 Å². The van der Waals surface area contributed by atoms with Crippen LogP contribution < -0.4 is 9.46 Å². The lowest BCUT2D eigenvalue weighted by atomic mass is 9.92. The molecule has 14 heteroatoms. The van der Waals surface area contributed by atoms with Crippen LogP contribution in [0.4, 0.5) is 5.95 Å². The number of hydrogen-bond donors (Lipinski definition) is 1. The Labute approximate surface area is 219 Å². The van der Waals surface area contributed by atoms with E-state index in [2.05, 4.69) is 29.9 Å². The maximum atomic E-state index is 13.5. The Kier molecular flexibility index (Phi) is 7.30. The van der Waals surface area contributed by atoms with Crippen molar-refractivity contribution in [2.75, 3.05) is 25.5 Å². The van der Waals surface area contributed by atoms with Gasteiger partial charge in [0.2, 0.25) is 21.9 Å². The number of methoxy groups -OCH3 is 2. The molecule has 0 amide bonds. The molecule has 1 saturated heterocycles. The fraction of sp³-hybridized carbons (Fsp3) is 0.522. The van der Waals surface area contributed by atoms with Gasteiger partial charge in [-0.3, -0.25) is 9.29 Å². The molecule has 0 aliphatic carbocycles. The number of nitrogens with one attached hydrogen (secondary N) is 1. The molecule has 1 N–H and O–H groups in total. The monoisotopic (exact) mass is 549 g/mol. The van der Waals surface area contributed by atoms with E-state index in [0.29, 0.717) is 35.4 Å². The van der Waals surface area contributed by atoms with Crippen molar-refractivity contribution in [3.05, 3.63) is 40.9 Å². The number of sulfonamides is 1. The number of rotatable bonds is 8. The van der Waals surface area contributed by atoms with Crippen LogP contribution in [-0.2, 0) is 25.9 Å². The van der Waals surface area contributed by atoms with Crippen molar-refractivity contribution >= 4 is 27.6 Å². The number of halogens is 1. The van der Waals surface area contributed by atoms with Crippen molar-refractivity contribution in [3.63, 3.8) is 0 Å². The minimum absolute atomic E-state index is 0.0863. The highest BCUT2D eigenvalue weighted by atomic mass is 35.5. The SMILES string of the molecule is COc1ccc2c(n1)-c1nnc(NS(=O)(=O)[C@@H](C)[C@H](OC)c3ncc(Cl)cn3)n1[C@H]([C@@H]1CCCCO1)C2. The zero-order valence-electron chi connectivity index (χ0n) is 20.7. The molecular formula is C23H28ClN7O5S. The van der Waals surface area contributed by atoms with Gasteiger partial charge in [-0.15, -0.1) is 10.2 Å². The van der Waals surface area contributed by atoms with Gasteiger partial charge in [-0.2, -0.15) is 0 Å². The van der Waals surface area contributed by atoms with Crippen molar-refractivity contribution in [2.24, 2.45) is 0 Å². The smallest absolute Gasteiger partial charge is 0.240 e. The maximum Gasteiger partial charge on any atom is 0.240 e. The number of pyridine rings is 1. The van der Waals surface area contributed by atoms with Gasteiger partial charge < -0.3 is 14.2 Å². The molecule has 198 valence electrons. The second kappa shape index (κ2) is 10.5. The molecule has 2 aliphatic heterocycles. The zero-order valence-corrected chi connectivity index (χ0v) is 22.2. The Morgan fingerprint density at radius 1 is 1.19 bits per heavy atom. The molecule has 0 unspecified atom stereocenters. The third-order valence-electron chi connectivity index (χ3n) is 6.77. The molecular weight excluding hydrogens is 522 g/mol. The summed E-state index contributed by atoms with van der Waals surface area (Å²) in [5, 5.41) is 7.84. The van der Waals surface area contributed by atoms with Crippen LogP contribution in [0.15, 0.2) is 24.5 Å². The van der Waals surface area contributed by atoms with E-state index in [0.717, 1.165) is 24.8 Å². The highest BCUT2D eigenvalue weighted by molar-refractivity contribution is 7.93. The first-order chi connectivity index (χ1) is 17.8. The van der Waals surface area contributed by atoms with E-state index < -0.39 is 21.4 Å². The maximum absolute atomic E-state index is 13.5. The van der Waals surface area contributed by atoms with Crippen LogP contribution in [0.1, 0.15) is 49.7 Å². The van der Waals surface area contributed by atoms with Crippen molar-refractivity contribution in [1.29, 1.82) is 0 Å². The Hall–Kier alpha value is -2.87. The molecule has 0 spiro atoms. The van der Waals surface area contributed by atoms with Gasteiger partial charge >= 0.3 is 0 Å². The Balaban J connectivity index is 1.51. The molecule has 0 saturated carbocycles. The molecule has 5 heterocycles. The van der Waals surface area contributed by atoms with E-state index in [-0.39, 0.29) is 23.9 Å². The summed E-state index contributed by atoms with van der Waals surface area (Å²) in [6.07, 6.45) is 5.19. The second-order valence-electron chi connectivity index (χ2n) is 9.02. The molecule has 1 fully saturated rings. The Morgan fingerprint density at radius 3 is 2.65 bits per heavy atom. The van der Waals surface area contributed by atoms with Crippen LogP contribution in [-0.4, -0.2) is 70.3 Å². The Morgan fingerprint density at radius 2 is 1.97 bits per heavy atom. The molecule has 0 radical (unpaired) electrons. The van der Waals surface area contributed by atoms with Crippen LogP contribution in [0.2, 0.25) is 5.02 Å². The summed E-state index contributed by atoms with van der Waals surface area (Å²) < 4.78 is 48.4. The van der Waals surface area contributed by atoms with Gasteiger partial charge in [0.15, 0.2) is 11.6 Å². The molecule has 5 rings (SSSR count). The van der Waals surface area contributed by atoms with Crippen molar-refractivity contribution in [1.82, 2.24) is 29.7 Å². The highest BCUT2D eigenvalue weighted by Gasteiger charge is 2.39. The number of aromatic nitrogens is 6. The summed E-state index contributed by atoms with van der Waals surface area (Å²) >= 11 is 5.89.